The maximum Gasteiger partial charge on any atom is 0.247 e. The summed E-state index contributed by atoms with van der Waals surface area (Å²) in [5.74, 6) is -1.17. The summed E-state index contributed by atoms with van der Waals surface area (Å²) in [5, 5.41) is 19.0. The van der Waals surface area contributed by atoms with E-state index in [1.807, 2.05) is 18.2 Å². The second-order valence-corrected chi connectivity index (χ2v) is 9.05. The molecular formula is C27H19FN2O4S. The van der Waals surface area contributed by atoms with Crippen molar-refractivity contribution in [1.82, 2.24) is 10.5 Å². The Morgan fingerprint density at radius 3 is 2.40 bits per heavy atom. The number of aromatic nitrogens is 1. The number of aromatic hydroxyl groups is 1. The van der Waals surface area contributed by atoms with E-state index < -0.39 is 5.91 Å². The Hall–Kier alpha value is -4.27. The standard InChI is InChI=1S/C27H19FN2O4S/c28-24-20-11-8-17(12-21(20)29-25(24)15-4-2-1-3-5-15)26(33)22-13-18(14-23(32)30-34)27(35-22)16-6-9-19(31)10-7-16/h1-13,29,31,34H,14H2,(H,30,32). The largest absolute Gasteiger partial charge is 0.508 e. The molecule has 0 saturated heterocycles. The number of phenols is 1. The van der Waals surface area contributed by atoms with E-state index >= 15 is 4.39 Å². The minimum atomic E-state index is -0.612. The van der Waals surface area contributed by atoms with Crippen LogP contribution in [0.1, 0.15) is 20.8 Å². The van der Waals surface area contributed by atoms with Crippen LogP contribution in [0, 0.1) is 5.82 Å². The van der Waals surface area contributed by atoms with Gasteiger partial charge in [-0.05, 0) is 53.6 Å². The average Bonchev–Trinajstić information content (AvgIpc) is 3.45. The fraction of sp³-hybridized carbons (Fsp3) is 0.0370. The number of carbonyl (C=O) groups is 2. The van der Waals surface area contributed by atoms with Gasteiger partial charge in [0.25, 0.3) is 0 Å². The van der Waals surface area contributed by atoms with Crippen molar-refractivity contribution in [3.05, 3.63) is 101 Å². The van der Waals surface area contributed by atoms with Crippen molar-refractivity contribution < 1.29 is 24.3 Å². The number of nitrogens with one attached hydrogen (secondary N) is 2. The van der Waals surface area contributed by atoms with Crippen LogP contribution in [-0.4, -0.2) is 27.0 Å². The second-order valence-electron chi connectivity index (χ2n) is 7.99. The molecule has 0 aliphatic heterocycles. The number of fused-ring (bicyclic) bond motifs is 1. The number of thiophene rings is 1. The number of aromatic amines is 1. The Kier molecular flexibility index (Phi) is 5.90. The molecule has 35 heavy (non-hydrogen) atoms. The molecule has 1 amide bonds. The third-order valence-corrected chi connectivity index (χ3v) is 6.92. The van der Waals surface area contributed by atoms with Crippen molar-refractivity contribution >= 4 is 33.9 Å². The summed E-state index contributed by atoms with van der Waals surface area (Å²) in [6, 6.07) is 21.9. The van der Waals surface area contributed by atoms with Crippen molar-refractivity contribution in [2.24, 2.45) is 0 Å². The van der Waals surface area contributed by atoms with E-state index in [0.29, 0.717) is 43.0 Å². The Balaban J connectivity index is 1.54. The molecule has 0 aliphatic rings. The number of hydrogen-bond donors (Lipinski definition) is 4. The van der Waals surface area contributed by atoms with Crippen LogP contribution in [0.2, 0.25) is 0 Å². The molecule has 0 atom stereocenters. The Morgan fingerprint density at radius 2 is 1.69 bits per heavy atom. The molecule has 5 rings (SSSR count). The summed E-state index contributed by atoms with van der Waals surface area (Å²) < 4.78 is 15.0. The first-order valence-corrected chi connectivity index (χ1v) is 11.5. The first kappa shape index (κ1) is 22.5. The molecule has 0 aliphatic carbocycles. The molecule has 4 N–H and O–H groups in total. The predicted molar refractivity (Wildman–Crippen MR) is 132 cm³/mol. The van der Waals surface area contributed by atoms with E-state index in [2.05, 4.69) is 4.98 Å². The second kappa shape index (κ2) is 9.17. The molecule has 5 aromatic rings. The highest BCUT2D eigenvalue weighted by atomic mass is 32.1. The van der Waals surface area contributed by atoms with Gasteiger partial charge in [0.2, 0.25) is 11.7 Å². The smallest absolute Gasteiger partial charge is 0.247 e. The maximum absolute atomic E-state index is 15.0. The van der Waals surface area contributed by atoms with Gasteiger partial charge in [0, 0.05) is 26.9 Å². The van der Waals surface area contributed by atoms with E-state index in [1.54, 1.807) is 54.0 Å². The highest BCUT2D eigenvalue weighted by molar-refractivity contribution is 7.17. The van der Waals surface area contributed by atoms with Crippen LogP contribution >= 0.6 is 11.3 Å². The van der Waals surface area contributed by atoms with Crippen molar-refractivity contribution in [3.63, 3.8) is 0 Å². The monoisotopic (exact) mass is 486 g/mol. The number of H-pyrrole nitrogens is 1. The number of halogens is 1. The van der Waals surface area contributed by atoms with Crippen LogP contribution in [0.25, 0.3) is 32.6 Å². The number of hydroxylamine groups is 1. The minimum Gasteiger partial charge on any atom is -0.508 e. The van der Waals surface area contributed by atoms with Gasteiger partial charge in [-0.15, -0.1) is 11.3 Å². The van der Waals surface area contributed by atoms with Gasteiger partial charge in [-0.1, -0.05) is 36.4 Å². The minimum absolute atomic E-state index is 0.0950. The molecule has 174 valence electrons. The van der Waals surface area contributed by atoms with Gasteiger partial charge in [0.1, 0.15) is 5.75 Å². The van der Waals surface area contributed by atoms with Crippen LogP contribution in [-0.2, 0) is 11.2 Å². The predicted octanol–water partition coefficient (Wildman–Crippen LogP) is 5.69. The van der Waals surface area contributed by atoms with Gasteiger partial charge in [0.15, 0.2) is 5.82 Å². The van der Waals surface area contributed by atoms with E-state index in [4.69, 9.17) is 5.21 Å². The SMILES string of the molecule is O=C(Cc1cc(C(=O)c2ccc3c(F)c(-c4ccccc4)[nH]c3c2)sc1-c1ccc(O)cc1)NO. The highest BCUT2D eigenvalue weighted by Crippen LogP contribution is 2.36. The van der Waals surface area contributed by atoms with Gasteiger partial charge < -0.3 is 10.1 Å². The van der Waals surface area contributed by atoms with Crippen molar-refractivity contribution in [3.8, 4) is 27.4 Å². The number of carbonyl (C=O) groups excluding carboxylic acids is 2. The van der Waals surface area contributed by atoms with Crippen LogP contribution in [0.3, 0.4) is 0 Å². The highest BCUT2D eigenvalue weighted by Gasteiger charge is 2.21. The first-order chi connectivity index (χ1) is 16.9. The molecular weight excluding hydrogens is 467 g/mol. The zero-order valence-corrected chi connectivity index (χ0v) is 19.0. The lowest BCUT2D eigenvalue weighted by Gasteiger charge is -2.03. The molecule has 0 fully saturated rings. The van der Waals surface area contributed by atoms with Gasteiger partial charge in [-0.25, -0.2) is 9.87 Å². The van der Waals surface area contributed by atoms with Gasteiger partial charge in [-0.3, -0.25) is 14.8 Å². The van der Waals surface area contributed by atoms with Crippen LogP contribution in [0.15, 0.2) is 78.9 Å². The topological polar surface area (TPSA) is 102 Å². The fourth-order valence-electron chi connectivity index (χ4n) is 3.99. The summed E-state index contributed by atoms with van der Waals surface area (Å²) in [6.07, 6.45) is -0.127. The molecule has 0 saturated carbocycles. The van der Waals surface area contributed by atoms with Gasteiger partial charge in [-0.2, -0.15) is 0 Å². The van der Waals surface area contributed by atoms with Crippen molar-refractivity contribution in [2.45, 2.75) is 6.42 Å². The lowest BCUT2D eigenvalue weighted by Crippen LogP contribution is -2.20. The zero-order chi connectivity index (χ0) is 24.5. The molecule has 3 aromatic carbocycles. The number of benzene rings is 3. The number of hydrogen-bond acceptors (Lipinski definition) is 5. The quantitative estimate of drug-likeness (QED) is 0.141. The van der Waals surface area contributed by atoms with Crippen molar-refractivity contribution in [2.75, 3.05) is 0 Å². The Morgan fingerprint density at radius 1 is 0.943 bits per heavy atom. The number of rotatable bonds is 6. The van der Waals surface area contributed by atoms with Crippen LogP contribution in [0.4, 0.5) is 4.39 Å². The van der Waals surface area contributed by atoms with E-state index in [9.17, 15) is 14.7 Å². The molecule has 0 bridgehead atoms. The molecule has 0 spiro atoms. The summed E-state index contributed by atoms with van der Waals surface area (Å²) in [7, 11) is 0. The summed E-state index contributed by atoms with van der Waals surface area (Å²) in [5.41, 5.74) is 4.84. The van der Waals surface area contributed by atoms with Crippen LogP contribution < -0.4 is 5.48 Å². The third-order valence-electron chi connectivity index (χ3n) is 5.70. The number of ketones is 1. The zero-order valence-electron chi connectivity index (χ0n) is 18.2. The summed E-state index contributed by atoms with van der Waals surface area (Å²) >= 11 is 1.21. The molecule has 2 aromatic heterocycles. The fourth-order valence-corrected chi connectivity index (χ4v) is 5.14. The number of amides is 1. The number of phenolic OH excluding ortho intramolecular Hbond substituents is 1. The lowest BCUT2D eigenvalue weighted by molar-refractivity contribution is -0.128. The molecule has 6 nitrogen and oxygen atoms in total. The summed E-state index contributed by atoms with van der Waals surface area (Å²) in [4.78, 5) is 29.4. The first-order valence-electron chi connectivity index (χ1n) is 10.7. The molecule has 0 unspecified atom stereocenters. The van der Waals surface area contributed by atoms with E-state index in [0.717, 1.165) is 5.56 Å². The van der Waals surface area contributed by atoms with Gasteiger partial charge >= 0.3 is 0 Å². The third kappa shape index (κ3) is 4.32. The summed E-state index contributed by atoms with van der Waals surface area (Å²) in [6.45, 7) is 0. The lowest BCUT2D eigenvalue weighted by atomic mass is 10.0. The van der Waals surface area contributed by atoms with E-state index in [-0.39, 0.29) is 23.8 Å². The van der Waals surface area contributed by atoms with Crippen molar-refractivity contribution in [1.29, 1.82) is 0 Å². The normalized spacial score (nSPS) is 11.0. The molecule has 8 heteroatoms. The van der Waals surface area contributed by atoms with Gasteiger partial charge in [0.05, 0.1) is 17.0 Å². The Bertz CT molecular complexity index is 1560. The average molecular weight is 487 g/mol. The van der Waals surface area contributed by atoms with E-state index in [1.165, 1.54) is 23.5 Å². The molecule has 2 heterocycles. The maximum atomic E-state index is 15.0. The Labute approximate surface area is 203 Å². The van der Waals surface area contributed by atoms with Crippen LogP contribution in [0.5, 0.6) is 5.75 Å². The molecule has 0 radical (unpaired) electrons.